The van der Waals surface area contributed by atoms with E-state index in [1.807, 2.05) is 0 Å². The summed E-state index contributed by atoms with van der Waals surface area (Å²) in [7, 11) is 1.55. The van der Waals surface area contributed by atoms with Gasteiger partial charge in [0.2, 0.25) is 5.91 Å². The van der Waals surface area contributed by atoms with Gasteiger partial charge in [0.25, 0.3) is 0 Å². The van der Waals surface area contributed by atoms with Crippen molar-refractivity contribution in [2.75, 3.05) is 31.4 Å². The smallest absolute Gasteiger partial charge is 0.226 e. The molecule has 5 heteroatoms. The number of amides is 1. The van der Waals surface area contributed by atoms with E-state index in [0.29, 0.717) is 30.2 Å². The Kier molecular flexibility index (Phi) is 5.24. The van der Waals surface area contributed by atoms with Crippen molar-refractivity contribution in [2.45, 2.75) is 25.7 Å². The van der Waals surface area contributed by atoms with Gasteiger partial charge in [-0.3, -0.25) is 4.79 Å². The molecular weight excluding hydrogens is 256 g/mol. The SMILES string of the molecule is COc1cc(N)ccc1NC(=O)CCOCCC1CC1. The van der Waals surface area contributed by atoms with E-state index >= 15 is 0 Å². The largest absolute Gasteiger partial charge is 0.494 e. The Hall–Kier alpha value is -1.75. The Morgan fingerprint density at radius 2 is 2.20 bits per heavy atom. The van der Waals surface area contributed by atoms with Crippen LogP contribution in [0.4, 0.5) is 11.4 Å². The van der Waals surface area contributed by atoms with Crippen LogP contribution < -0.4 is 15.8 Å². The standard InChI is InChI=1S/C15H22N2O3/c1-19-14-10-12(16)4-5-13(14)17-15(18)7-9-20-8-6-11-2-3-11/h4-5,10-11H,2-3,6-9,16H2,1H3,(H,17,18). The van der Waals surface area contributed by atoms with Gasteiger partial charge >= 0.3 is 0 Å². The molecule has 1 aliphatic carbocycles. The van der Waals surface area contributed by atoms with Crippen LogP contribution in [0, 0.1) is 5.92 Å². The summed E-state index contributed by atoms with van der Waals surface area (Å²) in [5.41, 5.74) is 6.89. The second-order valence-electron chi connectivity index (χ2n) is 5.10. The second-order valence-corrected chi connectivity index (χ2v) is 5.10. The highest BCUT2D eigenvalue weighted by Crippen LogP contribution is 2.32. The fourth-order valence-electron chi connectivity index (χ4n) is 1.95. The number of carbonyl (C=O) groups excluding carboxylic acids is 1. The van der Waals surface area contributed by atoms with Crippen LogP contribution in [0.2, 0.25) is 0 Å². The lowest BCUT2D eigenvalue weighted by Gasteiger charge is -2.11. The Balaban J connectivity index is 1.70. The average Bonchev–Trinajstić information content (AvgIpc) is 3.24. The topological polar surface area (TPSA) is 73.6 Å². The summed E-state index contributed by atoms with van der Waals surface area (Å²) in [5.74, 6) is 1.34. The molecule has 1 aromatic rings. The fourth-order valence-corrected chi connectivity index (χ4v) is 1.95. The number of nitrogens with two attached hydrogens (primary N) is 1. The molecule has 1 aliphatic rings. The lowest BCUT2D eigenvalue weighted by Crippen LogP contribution is -2.15. The zero-order valence-electron chi connectivity index (χ0n) is 11.9. The number of nitrogen functional groups attached to an aromatic ring is 1. The van der Waals surface area contributed by atoms with E-state index in [2.05, 4.69) is 5.32 Å². The molecule has 0 bridgehead atoms. The lowest BCUT2D eigenvalue weighted by molar-refractivity contribution is -0.117. The van der Waals surface area contributed by atoms with Crippen LogP contribution in [-0.2, 0) is 9.53 Å². The first kappa shape index (κ1) is 14.7. The Morgan fingerprint density at radius 3 is 2.90 bits per heavy atom. The fraction of sp³-hybridized carbons (Fsp3) is 0.533. The maximum atomic E-state index is 11.8. The van der Waals surface area contributed by atoms with Gasteiger partial charge in [0.05, 0.1) is 25.8 Å². The maximum Gasteiger partial charge on any atom is 0.226 e. The average molecular weight is 278 g/mol. The van der Waals surface area contributed by atoms with Gasteiger partial charge < -0.3 is 20.5 Å². The number of ether oxygens (including phenoxy) is 2. The molecule has 0 radical (unpaired) electrons. The molecule has 1 fully saturated rings. The van der Waals surface area contributed by atoms with E-state index < -0.39 is 0 Å². The molecule has 2 rings (SSSR count). The third-order valence-electron chi connectivity index (χ3n) is 3.34. The van der Waals surface area contributed by atoms with E-state index in [-0.39, 0.29) is 5.91 Å². The van der Waals surface area contributed by atoms with Crippen LogP contribution >= 0.6 is 0 Å². The molecular formula is C15H22N2O3. The number of nitrogens with one attached hydrogen (secondary N) is 1. The predicted molar refractivity (Wildman–Crippen MR) is 78.8 cm³/mol. The number of methoxy groups -OCH3 is 1. The molecule has 5 nitrogen and oxygen atoms in total. The van der Waals surface area contributed by atoms with Gasteiger partial charge in [-0.1, -0.05) is 12.8 Å². The number of carbonyl (C=O) groups is 1. The highest BCUT2D eigenvalue weighted by molar-refractivity contribution is 5.92. The van der Waals surface area contributed by atoms with E-state index in [9.17, 15) is 4.79 Å². The van der Waals surface area contributed by atoms with Gasteiger partial charge in [-0.25, -0.2) is 0 Å². The van der Waals surface area contributed by atoms with E-state index in [1.54, 1.807) is 25.3 Å². The zero-order chi connectivity index (χ0) is 14.4. The van der Waals surface area contributed by atoms with Crippen LogP contribution in [0.25, 0.3) is 0 Å². The minimum Gasteiger partial charge on any atom is -0.494 e. The van der Waals surface area contributed by atoms with Gasteiger partial charge in [0.1, 0.15) is 5.75 Å². The van der Waals surface area contributed by atoms with E-state index in [4.69, 9.17) is 15.2 Å². The molecule has 0 atom stereocenters. The van der Waals surface area contributed by atoms with Crippen molar-refractivity contribution in [1.29, 1.82) is 0 Å². The minimum atomic E-state index is -0.0838. The minimum absolute atomic E-state index is 0.0838. The van der Waals surface area contributed by atoms with Gasteiger partial charge in [0, 0.05) is 18.4 Å². The Bertz CT molecular complexity index is 458. The van der Waals surface area contributed by atoms with Crippen molar-refractivity contribution in [3.8, 4) is 5.75 Å². The molecule has 1 saturated carbocycles. The first-order chi connectivity index (χ1) is 9.69. The van der Waals surface area contributed by atoms with Crippen LogP contribution in [0.3, 0.4) is 0 Å². The normalized spacial score (nSPS) is 14.1. The van der Waals surface area contributed by atoms with Gasteiger partial charge in [-0.05, 0) is 24.5 Å². The summed E-state index contributed by atoms with van der Waals surface area (Å²) >= 11 is 0. The molecule has 1 aromatic carbocycles. The molecule has 20 heavy (non-hydrogen) atoms. The molecule has 0 heterocycles. The Labute approximate surface area is 119 Å². The number of anilines is 2. The molecule has 110 valence electrons. The predicted octanol–water partition coefficient (Wildman–Crippen LogP) is 2.42. The Morgan fingerprint density at radius 1 is 1.40 bits per heavy atom. The number of hydrogen-bond acceptors (Lipinski definition) is 4. The number of rotatable bonds is 8. The van der Waals surface area contributed by atoms with Crippen LogP contribution in [0.15, 0.2) is 18.2 Å². The zero-order valence-corrected chi connectivity index (χ0v) is 11.9. The summed E-state index contributed by atoms with van der Waals surface area (Å²) in [6, 6.07) is 5.14. The summed E-state index contributed by atoms with van der Waals surface area (Å²) in [5, 5.41) is 2.80. The molecule has 0 aliphatic heterocycles. The summed E-state index contributed by atoms with van der Waals surface area (Å²) < 4.78 is 10.6. The van der Waals surface area contributed by atoms with Crippen LogP contribution in [0.1, 0.15) is 25.7 Å². The molecule has 0 spiro atoms. The van der Waals surface area contributed by atoms with Crippen molar-refractivity contribution in [2.24, 2.45) is 5.92 Å². The number of benzene rings is 1. The third kappa shape index (κ3) is 4.74. The van der Waals surface area contributed by atoms with E-state index in [0.717, 1.165) is 18.9 Å². The highest BCUT2D eigenvalue weighted by Gasteiger charge is 2.20. The molecule has 3 N–H and O–H groups in total. The summed E-state index contributed by atoms with van der Waals surface area (Å²) in [6.45, 7) is 1.21. The lowest BCUT2D eigenvalue weighted by atomic mass is 10.2. The summed E-state index contributed by atoms with van der Waals surface area (Å²) in [6.07, 6.45) is 4.13. The van der Waals surface area contributed by atoms with Crippen molar-refractivity contribution in [1.82, 2.24) is 0 Å². The van der Waals surface area contributed by atoms with E-state index in [1.165, 1.54) is 12.8 Å². The first-order valence-corrected chi connectivity index (χ1v) is 7.00. The van der Waals surface area contributed by atoms with Gasteiger partial charge in [-0.2, -0.15) is 0 Å². The van der Waals surface area contributed by atoms with Crippen molar-refractivity contribution < 1.29 is 14.3 Å². The summed E-state index contributed by atoms with van der Waals surface area (Å²) in [4.78, 5) is 11.8. The molecule has 0 aromatic heterocycles. The quantitative estimate of drug-likeness (QED) is 0.566. The van der Waals surface area contributed by atoms with Crippen LogP contribution in [-0.4, -0.2) is 26.2 Å². The third-order valence-corrected chi connectivity index (χ3v) is 3.34. The second kappa shape index (κ2) is 7.14. The maximum absolute atomic E-state index is 11.8. The van der Waals surface area contributed by atoms with Gasteiger partial charge in [0.15, 0.2) is 0 Å². The first-order valence-electron chi connectivity index (χ1n) is 7.00. The van der Waals surface area contributed by atoms with Gasteiger partial charge in [-0.15, -0.1) is 0 Å². The number of hydrogen-bond donors (Lipinski definition) is 2. The highest BCUT2D eigenvalue weighted by atomic mass is 16.5. The van der Waals surface area contributed by atoms with Crippen molar-refractivity contribution in [3.63, 3.8) is 0 Å². The molecule has 0 unspecified atom stereocenters. The molecule has 0 saturated heterocycles. The van der Waals surface area contributed by atoms with Crippen LogP contribution in [0.5, 0.6) is 5.75 Å². The molecule has 1 amide bonds. The van der Waals surface area contributed by atoms with Crippen molar-refractivity contribution in [3.05, 3.63) is 18.2 Å². The monoisotopic (exact) mass is 278 g/mol. The van der Waals surface area contributed by atoms with Crippen molar-refractivity contribution >= 4 is 17.3 Å².